The minimum absolute atomic E-state index is 0.0229. The number of amides is 1. The first kappa shape index (κ1) is 15.2. The van der Waals surface area contributed by atoms with E-state index in [1.165, 1.54) is 16.9 Å². The maximum Gasteiger partial charge on any atom is 0.243 e. The minimum Gasteiger partial charge on any atom is -0.301 e. The van der Waals surface area contributed by atoms with E-state index in [0.717, 1.165) is 25.9 Å². The van der Waals surface area contributed by atoms with Crippen molar-refractivity contribution in [1.82, 2.24) is 19.7 Å². The van der Waals surface area contributed by atoms with Crippen molar-refractivity contribution in [3.8, 4) is 0 Å². The summed E-state index contributed by atoms with van der Waals surface area (Å²) in [6.45, 7) is 3.84. The monoisotopic (exact) mass is 319 g/mol. The minimum atomic E-state index is -0.126. The molecule has 3 heterocycles. The van der Waals surface area contributed by atoms with Gasteiger partial charge in [0.2, 0.25) is 5.91 Å². The summed E-state index contributed by atoms with van der Waals surface area (Å²) >= 11 is 1.44. The second-order valence-corrected chi connectivity index (χ2v) is 6.65. The van der Waals surface area contributed by atoms with Crippen LogP contribution in [0.1, 0.15) is 31.2 Å². The van der Waals surface area contributed by atoms with Crippen LogP contribution in [-0.4, -0.2) is 44.7 Å². The summed E-state index contributed by atoms with van der Waals surface area (Å²) in [6, 6.07) is -0.126. The second kappa shape index (κ2) is 6.58. The van der Waals surface area contributed by atoms with Crippen molar-refractivity contribution in [3.63, 3.8) is 0 Å². The van der Waals surface area contributed by atoms with Crippen LogP contribution in [0.2, 0.25) is 0 Å². The topological polar surface area (TPSA) is 63.1 Å². The molecule has 22 heavy (non-hydrogen) atoms. The number of carbonyl (C=O) groups is 1. The van der Waals surface area contributed by atoms with Gasteiger partial charge in [0.25, 0.3) is 0 Å². The number of hydrogen-bond acceptors (Lipinski definition) is 5. The van der Waals surface area contributed by atoms with Crippen LogP contribution in [-0.2, 0) is 11.8 Å². The smallest absolute Gasteiger partial charge is 0.243 e. The predicted octanol–water partition coefficient (Wildman–Crippen LogP) is 2.08. The van der Waals surface area contributed by atoms with Gasteiger partial charge >= 0.3 is 0 Å². The standard InChI is InChI=1S/C15H21N5OS/c1-11(14(21)18-15-16-5-8-22-15)20-6-3-12(4-7-20)13-9-17-19(2)10-13/h5,8-12H,3-4,6-7H2,1-2H3,(H,16,18,21)/t11-/m0/s1. The maximum absolute atomic E-state index is 12.3. The number of rotatable bonds is 4. The van der Waals surface area contributed by atoms with Gasteiger partial charge in [-0.2, -0.15) is 5.10 Å². The van der Waals surface area contributed by atoms with E-state index in [1.807, 2.05) is 30.2 Å². The van der Waals surface area contributed by atoms with Gasteiger partial charge in [0.15, 0.2) is 5.13 Å². The first-order chi connectivity index (χ1) is 10.6. The normalized spacial score (nSPS) is 18.3. The number of nitrogens with one attached hydrogen (secondary N) is 1. The summed E-state index contributed by atoms with van der Waals surface area (Å²) < 4.78 is 1.85. The summed E-state index contributed by atoms with van der Waals surface area (Å²) in [5.74, 6) is 0.578. The molecule has 1 atom stereocenters. The Kier molecular flexibility index (Phi) is 4.54. The Balaban J connectivity index is 1.53. The van der Waals surface area contributed by atoms with E-state index in [0.29, 0.717) is 11.0 Å². The third-order valence-electron chi connectivity index (χ3n) is 4.32. The molecule has 1 fully saturated rings. The third-order valence-corrected chi connectivity index (χ3v) is 5.00. The van der Waals surface area contributed by atoms with Gasteiger partial charge in [-0.25, -0.2) is 4.98 Å². The Hall–Kier alpha value is -1.73. The molecule has 118 valence electrons. The van der Waals surface area contributed by atoms with Crippen molar-refractivity contribution < 1.29 is 4.79 Å². The molecule has 1 aliphatic rings. The summed E-state index contributed by atoms with van der Waals surface area (Å²) in [5, 5.41) is 9.66. The number of nitrogens with zero attached hydrogens (tertiary/aromatic N) is 4. The van der Waals surface area contributed by atoms with Crippen LogP contribution in [0.15, 0.2) is 24.0 Å². The molecule has 0 radical (unpaired) electrons. The summed E-state index contributed by atoms with van der Waals surface area (Å²) in [4.78, 5) is 18.6. The van der Waals surface area contributed by atoms with Crippen molar-refractivity contribution in [1.29, 1.82) is 0 Å². The van der Waals surface area contributed by atoms with Crippen LogP contribution < -0.4 is 5.32 Å². The molecule has 0 spiro atoms. The van der Waals surface area contributed by atoms with E-state index < -0.39 is 0 Å². The summed E-state index contributed by atoms with van der Waals surface area (Å²) in [5.41, 5.74) is 1.31. The fourth-order valence-electron chi connectivity index (χ4n) is 2.93. The zero-order valence-corrected chi connectivity index (χ0v) is 13.7. The first-order valence-electron chi connectivity index (χ1n) is 7.56. The van der Waals surface area contributed by atoms with Crippen LogP contribution in [0.5, 0.6) is 0 Å². The zero-order valence-electron chi connectivity index (χ0n) is 12.9. The van der Waals surface area contributed by atoms with Gasteiger partial charge in [-0.3, -0.25) is 14.4 Å². The van der Waals surface area contributed by atoms with E-state index in [4.69, 9.17) is 0 Å². The Bertz CT molecular complexity index is 616. The molecule has 1 amide bonds. The molecule has 2 aromatic heterocycles. The van der Waals surface area contributed by atoms with Crippen molar-refractivity contribution in [3.05, 3.63) is 29.5 Å². The average molecular weight is 319 g/mol. The van der Waals surface area contributed by atoms with Crippen molar-refractivity contribution in [2.24, 2.45) is 7.05 Å². The summed E-state index contributed by atoms with van der Waals surface area (Å²) in [7, 11) is 1.95. The van der Waals surface area contributed by atoms with Crippen molar-refractivity contribution in [2.75, 3.05) is 18.4 Å². The SMILES string of the molecule is C[C@@H](C(=O)Nc1nccs1)N1CCC(c2cnn(C)c2)CC1. The van der Waals surface area contributed by atoms with Gasteiger partial charge < -0.3 is 5.32 Å². The molecule has 1 saturated heterocycles. The molecular weight excluding hydrogens is 298 g/mol. The highest BCUT2D eigenvalue weighted by Gasteiger charge is 2.28. The van der Waals surface area contributed by atoms with Crippen LogP contribution in [0, 0.1) is 0 Å². The molecule has 6 nitrogen and oxygen atoms in total. The van der Waals surface area contributed by atoms with Gasteiger partial charge in [-0.15, -0.1) is 11.3 Å². The molecule has 3 rings (SSSR count). The van der Waals surface area contributed by atoms with Gasteiger partial charge in [0.05, 0.1) is 12.2 Å². The van der Waals surface area contributed by atoms with Crippen molar-refractivity contribution >= 4 is 22.4 Å². The molecule has 2 aromatic rings. The lowest BCUT2D eigenvalue weighted by molar-refractivity contribution is -0.121. The lowest BCUT2D eigenvalue weighted by Crippen LogP contribution is -2.45. The number of hydrogen-bond donors (Lipinski definition) is 1. The number of likely N-dealkylation sites (tertiary alicyclic amines) is 1. The Morgan fingerprint density at radius 1 is 1.45 bits per heavy atom. The van der Waals surface area contributed by atoms with Gasteiger partial charge in [-0.05, 0) is 44.3 Å². The zero-order chi connectivity index (χ0) is 15.5. The fraction of sp³-hybridized carbons (Fsp3) is 0.533. The van der Waals surface area contributed by atoms with Crippen LogP contribution in [0.3, 0.4) is 0 Å². The molecule has 7 heteroatoms. The lowest BCUT2D eigenvalue weighted by atomic mass is 9.91. The van der Waals surface area contributed by atoms with Crippen molar-refractivity contribution in [2.45, 2.75) is 31.7 Å². The molecule has 0 aliphatic carbocycles. The summed E-state index contributed by atoms with van der Waals surface area (Å²) in [6.07, 6.45) is 7.89. The van der Waals surface area contributed by atoms with Crippen LogP contribution in [0.25, 0.3) is 0 Å². The highest BCUT2D eigenvalue weighted by Crippen LogP contribution is 2.28. The maximum atomic E-state index is 12.3. The number of aryl methyl sites for hydroxylation is 1. The third kappa shape index (κ3) is 3.36. The second-order valence-electron chi connectivity index (χ2n) is 5.76. The molecule has 0 bridgehead atoms. The number of anilines is 1. The lowest BCUT2D eigenvalue weighted by Gasteiger charge is -2.34. The van der Waals surface area contributed by atoms with Crippen LogP contribution in [0.4, 0.5) is 5.13 Å². The van der Waals surface area contributed by atoms with Gasteiger partial charge in [-0.1, -0.05) is 0 Å². The number of carbonyl (C=O) groups excluding carboxylic acids is 1. The van der Waals surface area contributed by atoms with Crippen LogP contribution >= 0.6 is 11.3 Å². The molecule has 1 aliphatic heterocycles. The van der Waals surface area contributed by atoms with E-state index >= 15 is 0 Å². The Labute approximate surface area is 134 Å². The number of piperidine rings is 1. The molecular formula is C15H21N5OS. The average Bonchev–Trinajstić information content (AvgIpc) is 3.18. The van der Waals surface area contributed by atoms with E-state index in [-0.39, 0.29) is 11.9 Å². The highest BCUT2D eigenvalue weighted by atomic mass is 32.1. The largest absolute Gasteiger partial charge is 0.301 e. The molecule has 0 unspecified atom stereocenters. The number of aromatic nitrogens is 3. The van der Waals surface area contributed by atoms with E-state index in [2.05, 4.69) is 26.5 Å². The molecule has 1 N–H and O–H groups in total. The molecule has 0 aromatic carbocycles. The quantitative estimate of drug-likeness (QED) is 0.937. The molecule has 0 saturated carbocycles. The first-order valence-corrected chi connectivity index (χ1v) is 8.44. The van der Waals surface area contributed by atoms with Gasteiger partial charge in [0.1, 0.15) is 0 Å². The predicted molar refractivity (Wildman–Crippen MR) is 87.0 cm³/mol. The highest BCUT2D eigenvalue weighted by molar-refractivity contribution is 7.13. The van der Waals surface area contributed by atoms with E-state index in [1.54, 1.807) is 6.20 Å². The van der Waals surface area contributed by atoms with E-state index in [9.17, 15) is 4.79 Å². The Morgan fingerprint density at radius 3 is 2.82 bits per heavy atom. The Morgan fingerprint density at radius 2 is 2.23 bits per heavy atom. The number of thiazole rings is 1. The van der Waals surface area contributed by atoms with Gasteiger partial charge in [0, 0.05) is 24.8 Å². The fourth-order valence-corrected chi connectivity index (χ4v) is 3.46.